The van der Waals surface area contributed by atoms with Gasteiger partial charge in [0.1, 0.15) is 0 Å². The third kappa shape index (κ3) is 2.50. The van der Waals surface area contributed by atoms with Crippen LogP contribution in [0.3, 0.4) is 0 Å². The van der Waals surface area contributed by atoms with E-state index in [1.807, 2.05) is 64.0 Å². The second-order valence-electron chi connectivity index (χ2n) is 5.55. The number of para-hydroxylation sites is 2. The number of hydrogen-bond acceptors (Lipinski definition) is 1. The highest BCUT2D eigenvalue weighted by atomic mass is 16.1. The van der Waals surface area contributed by atoms with Gasteiger partial charge in [0.05, 0.1) is 43.8 Å². The molecular formula is C17H20N3O+. The molecule has 1 aromatic heterocycles. The van der Waals surface area contributed by atoms with Gasteiger partial charge in [-0.3, -0.25) is 4.79 Å². The van der Waals surface area contributed by atoms with Crippen molar-refractivity contribution in [1.29, 1.82) is 0 Å². The predicted octanol–water partition coefficient (Wildman–Crippen LogP) is 0.937. The smallest absolute Gasteiger partial charge is 0.275 e. The molecule has 21 heavy (non-hydrogen) atoms. The predicted molar refractivity (Wildman–Crippen MR) is 85.2 cm³/mol. The first-order chi connectivity index (χ1) is 10.2. The molecule has 4 heteroatoms. The molecule has 3 rings (SSSR count). The third-order valence-electron chi connectivity index (χ3n) is 3.66. The summed E-state index contributed by atoms with van der Waals surface area (Å²) in [6.45, 7) is 1.60. The molecule has 0 bridgehead atoms. The van der Waals surface area contributed by atoms with Crippen LogP contribution in [0, 0.1) is 0 Å². The lowest BCUT2D eigenvalue weighted by molar-refractivity contribution is -0.859. The maximum Gasteiger partial charge on any atom is 0.275 e. The van der Waals surface area contributed by atoms with Crippen molar-refractivity contribution in [1.82, 2.24) is 9.36 Å². The van der Waals surface area contributed by atoms with Crippen LogP contribution in [-0.2, 0) is 6.54 Å². The van der Waals surface area contributed by atoms with Gasteiger partial charge in [-0.15, -0.1) is 0 Å². The summed E-state index contributed by atoms with van der Waals surface area (Å²) in [6, 6.07) is 17.8. The molecule has 0 aliphatic heterocycles. The Morgan fingerprint density at radius 2 is 1.62 bits per heavy atom. The highest BCUT2D eigenvalue weighted by Gasteiger charge is 2.14. The molecule has 0 saturated heterocycles. The molecule has 0 fully saturated rings. The second-order valence-corrected chi connectivity index (χ2v) is 5.55. The van der Waals surface area contributed by atoms with Gasteiger partial charge < -0.3 is 4.90 Å². The van der Waals surface area contributed by atoms with Crippen molar-refractivity contribution in [3.05, 3.63) is 65.0 Å². The minimum atomic E-state index is 0.0794. The first-order valence-corrected chi connectivity index (χ1v) is 7.23. The number of rotatable bonds is 4. The van der Waals surface area contributed by atoms with Crippen molar-refractivity contribution in [2.24, 2.45) is 0 Å². The molecule has 0 saturated carbocycles. The molecule has 3 aromatic rings. The lowest BCUT2D eigenvalue weighted by Crippen LogP contribution is -3.06. The first kappa shape index (κ1) is 13.6. The van der Waals surface area contributed by atoms with E-state index in [2.05, 4.69) is 14.1 Å². The van der Waals surface area contributed by atoms with Crippen molar-refractivity contribution >= 4 is 10.9 Å². The van der Waals surface area contributed by atoms with Crippen LogP contribution in [0.4, 0.5) is 0 Å². The molecule has 0 atom stereocenters. The molecule has 108 valence electrons. The van der Waals surface area contributed by atoms with Crippen LogP contribution < -0.4 is 10.5 Å². The average Bonchev–Trinajstić information content (AvgIpc) is 2.79. The third-order valence-corrected chi connectivity index (χ3v) is 3.66. The van der Waals surface area contributed by atoms with E-state index in [1.54, 1.807) is 0 Å². The monoisotopic (exact) mass is 282 g/mol. The van der Waals surface area contributed by atoms with Gasteiger partial charge in [-0.1, -0.05) is 30.3 Å². The van der Waals surface area contributed by atoms with Gasteiger partial charge in [0.25, 0.3) is 5.56 Å². The van der Waals surface area contributed by atoms with E-state index >= 15 is 0 Å². The molecule has 1 N–H and O–H groups in total. The van der Waals surface area contributed by atoms with Gasteiger partial charge in [0, 0.05) is 0 Å². The lowest BCUT2D eigenvalue weighted by atomic mass is 10.2. The molecule has 0 spiro atoms. The standard InChI is InChI=1S/C17H19N3O/c1-18(2)12-13-19-17(21)15-10-6-7-11-16(15)20(19)14-8-4-3-5-9-14/h3-11H,12-13H2,1-2H3/p+1. The van der Waals surface area contributed by atoms with E-state index in [0.29, 0.717) is 6.54 Å². The fraction of sp³-hybridized carbons (Fsp3) is 0.235. The normalized spacial score (nSPS) is 11.4. The number of hydrogen-bond donors (Lipinski definition) is 1. The summed E-state index contributed by atoms with van der Waals surface area (Å²) in [5.74, 6) is 0. The van der Waals surface area contributed by atoms with E-state index in [0.717, 1.165) is 23.1 Å². The SMILES string of the molecule is C[NH+](C)CCn1c(=O)c2ccccc2n1-c1ccccc1. The van der Waals surface area contributed by atoms with Crippen LogP contribution in [0.1, 0.15) is 0 Å². The van der Waals surface area contributed by atoms with Gasteiger partial charge >= 0.3 is 0 Å². The van der Waals surface area contributed by atoms with Crippen molar-refractivity contribution in [2.75, 3.05) is 20.6 Å². The van der Waals surface area contributed by atoms with Gasteiger partial charge in [-0.05, 0) is 24.3 Å². The van der Waals surface area contributed by atoms with Crippen molar-refractivity contribution in [3.63, 3.8) is 0 Å². The maximum absolute atomic E-state index is 12.7. The van der Waals surface area contributed by atoms with Crippen molar-refractivity contribution in [3.8, 4) is 5.69 Å². The highest BCUT2D eigenvalue weighted by Crippen LogP contribution is 2.16. The zero-order valence-electron chi connectivity index (χ0n) is 12.4. The number of quaternary nitrogens is 1. The topological polar surface area (TPSA) is 31.4 Å². The van der Waals surface area contributed by atoms with Crippen molar-refractivity contribution in [2.45, 2.75) is 6.54 Å². The van der Waals surface area contributed by atoms with Gasteiger partial charge in [-0.2, -0.15) is 0 Å². The molecule has 0 aliphatic carbocycles. The van der Waals surface area contributed by atoms with Crippen LogP contribution in [0.15, 0.2) is 59.4 Å². The van der Waals surface area contributed by atoms with Crippen molar-refractivity contribution < 1.29 is 4.90 Å². The van der Waals surface area contributed by atoms with Crippen LogP contribution in [-0.4, -0.2) is 30.0 Å². The summed E-state index contributed by atoms with van der Waals surface area (Å²) in [6.07, 6.45) is 0. The average molecular weight is 282 g/mol. The highest BCUT2D eigenvalue weighted by molar-refractivity contribution is 5.80. The fourth-order valence-electron chi connectivity index (χ4n) is 2.58. The summed E-state index contributed by atoms with van der Waals surface area (Å²) in [5.41, 5.74) is 2.06. The molecule has 1 heterocycles. The van der Waals surface area contributed by atoms with Gasteiger partial charge in [-0.25, -0.2) is 9.36 Å². The van der Waals surface area contributed by atoms with E-state index in [9.17, 15) is 4.79 Å². The number of fused-ring (bicyclic) bond motifs is 1. The lowest BCUT2D eigenvalue weighted by Gasteiger charge is -2.14. The summed E-state index contributed by atoms with van der Waals surface area (Å²) >= 11 is 0. The summed E-state index contributed by atoms with van der Waals surface area (Å²) in [5, 5.41) is 0.773. The Bertz CT molecular complexity index is 800. The Balaban J connectivity index is 2.24. The van der Waals surface area contributed by atoms with Gasteiger partial charge in [0.2, 0.25) is 0 Å². The number of likely N-dealkylation sites (N-methyl/N-ethyl adjacent to an activating group) is 1. The molecule has 2 aromatic carbocycles. The zero-order valence-corrected chi connectivity index (χ0v) is 12.4. The Morgan fingerprint density at radius 1 is 0.952 bits per heavy atom. The Labute approximate surface area is 123 Å². The minimum absolute atomic E-state index is 0.0794. The van der Waals surface area contributed by atoms with Crippen LogP contribution in [0.5, 0.6) is 0 Å². The largest absolute Gasteiger partial charge is 0.338 e. The van der Waals surface area contributed by atoms with E-state index < -0.39 is 0 Å². The molecular weight excluding hydrogens is 262 g/mol. The minimum Gasteiger partial charge on any atom is -0.338 e. The molecule has 4 nitrogen and oxygen atoms in total. The quantitative estimate of drug-likeness (QED) is 0.758. The molecule has 0 aliphatic rings. The number of nitrogens with one attached hydrogen (secondary N) is 1. The van der Waals surface area contributed by atoms with E-state index in [1.165, 1.54) is 4.90 Å². The Morgan fingerprint density at radius 3 is 2.33 bits per heavy atom. The molecule has 0 amide bonds. The Hall–Kier alpha value is -2.33. The first-order valence-electron chi connectivity index (χ1n) is 7.23. The summed E-state index contributed by atoms with van der Waals surface area (Å²) in [7, 11) is 4.20. The number of benzene rings is 2. The Kier molecular flexibility index (Phi) is 3.62. The second kappa shape index (κ2) is 5.58. The number of aromatic nitrogens is 2. The number of nitrogens with zero attached hydrogens (tertiary/aromatic N) is 2. The summed E-state index contributed by atoms with van der Waals surface area (Å²) in [4.78, 5) is 14.0. The maximum atomic E-state index is 12.7. The van der Waals surface area contributed by atoms with E-state index in [-0.39, 0.29) is 5.56 Å². The molecule has 0 radical (unpaired) electrons. The van der Waals surface area contributed by atoms with Crippen LogP contribution >= 0.6 is 0 Å². The van der Waals surface area contributed by atoms with Crippen LogP contribution in [0.25, 0.3) is 16.6 Å². The van der Waals surface area contributed by atoms with Crippen LogP contribution in [0.2, 0.25) is 0 Å². The summed E-state index contributed by atoms with van der Waals surface area (Å²) < 4.78 is 3.87. The van der Waals surface area contributed by atoms with E-state index in [4.69, 9.17) is 0 Å². The van der Waals surface area contributed by atoms with Gasteiger partial charge in [0.15, 0.2) is 0 Å². The molecule has 0 unspecified atom stereocenters. The zero-order chi connectivity index (χ0) is 14.8. The fourth-order valence-corrected chi connectivity index (χ4v) is 2.58.